The summed E-state index contributed by atoms with van der Waals surface area (Å²) in [5.74, 6) is -2.33. The van der Waals surface area contributed by atoms with E-state index in [2.05, 4.69) is 9.97 Å². The molecule has 2 N–H and O–H groups in total. The number of aliphatic carboxylic acids is 1. The van der Waals surface area contributed by atoms with Crippen molar-refractivity contribution in [3.63, 3.8) is 0 Å². The number of hydrogen-bond donors (Lipinski definition) is 2. The zero-order valence-electron chi connectivity index (χ0n) is 13.5. The van der Waals surface area contributed by atoms with Crippen LogP contribution in [0, 0.1) is 0 Å². The lowest BCUT2D eigenvalue weighted by molar-refractivity contribution is -0.174. The number of carbonyl (C=O) groups excluding carboxylic acids is 1. The Morgan fingerprint density at radius 2 is 2.12 bits per heavy atom. The molecule has 2 aromatic rings. The van der Waals surface area contributed by atoms with E-state index in [1.807, 2.05) is 5.32 Å². The zero-order valence-corrected chi connectivity index (χ0v) is 13.5. The van der Waals surface area contributed by atoms with Crippen molar-refractivity contribution >= 4 is 28.7 Å². The standard InChI is InChI=1S/C15H16F3N5O3/c16-15(17,18)14(26)21-9-1-4-23(7-9)13-10-2-5-22(6-3-11(24)25)12(10)19-8-20-13/h2,5,8-9H,1,3-4,6-7H2,(H,21,26)(H,24,25). The van der Waals surface area contributed by atoms with Gasteiger partial charge in [0.05, 0.1) is 11.8 Å². The maximum Gasteiger partial charge on any atom is 0.471 e. The predicted molar refractivity (Wildman–Crippen MR) is 84.6 cm³/mol. The van der Waals surface area contributed by atoms with Crippen LogP contribution < -0.4 is 10.2 Å². The van der Waals surface area contributed by atoms with Crippen LogP contribution in [0.2, 0.25) is 0 Å². The van der Waals surface area contributed by atoms with Crippen molar-refractivity contribution in [2.45, 2.75) is 31.6 Å². The van der Waals surface area contributed by atoms with Gasteiger partial charge in [0.15, 0.2) is 0 Å². The molecule has 1 aliphatic rings. The van der Waals surface area contributed by atoms with E-state index in [4.69, 9.17) is 5.11 Å². The first-order valence-corrected chi connectivity index (χ1v) is 7.90. The molecule has 26 heavy (non-hydrogen) atoms. The third-order valence-corrected chi connectivity index (χ3v) is 4.18. The van der Waals surface area contributed by atoms with Gasteiger partial charge in [0.2, 0.25) is 0 Å². The molecule has 1 amide bonds. The molecular formula is C15H16F3N5O3. The van der Waals surface area contributed by atoms with Gasteiger partial charge in [-0.2, -0.15) is 13.2 Å². The number of alkyl halides is 3. The molecule has 0 radical (unpaired) electrons. The van der Waals surface area contributed by atoms with Gasteiger partial charge in [0.25, 0.3) is 0 Å². The summed E-state index contributed by atoms with van der Waals surface area (Å²) in [5.41, 5.74) is 0.555. The van der Waals surface area contributed by atoms with Gasteiger partial charge >= 0.3 is 18.1 Å². The molecule has 1 atom stereocenters. The molecule has 2 aromatic heterocycles. The summed E-state index contributed by atoms with van der Waals surface area (Å²) < 4.78 is 38.8. The molecule has 1 aliphatic heterocycles. The third kappa shape index (κ3) is 3.70. The van der Waals surface area contributed by atoms with Gasteiger partial charge in [-0.25, -0.2) is 9.97 Å². The van der Waals surface area contributed by atoms with E-state index in [9.17, 15) is 22.8 Å². The van der Waals surface area contributed by atoms with Crippen molar-refractivity contribution in [2.75, 3.05) is 18.0 Å². The summed E-state index contributed by atoms with van der Waals surface area (Å²) in [4.78, 5) is 32.0. The van der Waals surface area contributed by atoms with Crippen molar-refractivity contribution in [1.29, 1.82) is 0 Å². The first-order valence-electron chi connectivity index (χ1n) is 7.90. The smallest absolute Gasteiger partial charge is 0.471 e. The second-order valence-electron chi connectivity index (χ2n) is 5.99. The summed E-state index contributed by atoms with van der Waals surface area (Å²) in [6.45, 7) is 0.892. The minimum absolute atomic E-state index is 0.0572. The molecule has 1 saturated heterocycles. The van der Waals surface area contributed by atoms with Crippen LogP contribution in [0.25, 0.3) is 11.0 Å². The monoisotopic (exact) mass is 371 g/mol. The number of anilines is 1. The second-order valence-corrected chi connectivity index (χ2v) is 5.99. The van der Waals surface area contributed by atoms with Crippen molar-refractivity contribution < 1.29 is 27.9 Å². The van der Waals surface area contributed by atoms with Crippen LogP contribution in [-0.2, 0) is 16.1 Å². The largest absolute Gasteiger partial charge is 0.481 e. The van der Waals surface area contributed by atoms with E-state index in [1.54, 1.807) is 21.7 Å². The zero-order chi connectivity index (χ0) is 18.9. The van der Waals surface area contributed by atoms with Gasteiger partial charge < -0.3 is 19.9 Å². The first kappa shape index (κ1) is 18.0. The van der Waals surface area contributed by atoms with E-state index in [-0.39, 0.29) is 19.5 Å². The summed E-state index contributed by atoms with van der Waals surface area (Å²) in [5, 5.41) is 11.5. The number of nitrogens with zero attached hydrogens (tertiary/aromatic N) is 4. The molecule has 0 aromatic carbocycles. The molecular weight excluding hydrogens is 355 g/mol. The summed E-state index contributed by atoms with van der Waals surface area (Å²) in [7, 11) is 0. The van der Waals surface area contributed by atoms with Crippen molar-refractivity contribution in [3.8, 4) is 0 Å². The Morgan fingerprint density at radius 1 is 1.35 bits per heavy atom. The van der Waals surface area contributed by atoms with E-state index in [1.165, 1.54) is 6.33 Å². The topological polar surface area (TPSA) is 100 Å². The molecule has 0 spiro atoms. The predicted octanol–water partition coefficient (Wildman–Crippen LogP) is 1.16. The van der Waals surface area contributed by atoms with E-state index < -0.39 is 24.1 Å². The van der Waals surface area contributed by atoms with Gasteiger partial charge in [-0.1, -0.05) is 0 Å². The van der Waals surface area contributed by atoms with E-state index in [0.29, 0.717) is 29.8 Å². The number of amides is 1. The average Bonchev–Trinajstić information content (AvgIpc) is 3.18. The van der Waals surface area contributed by atoms with Crippen LogP contribution in [-0.4, -0.2) is 56.8 Å². The summed E-state index contributed by atoms with van der Waals surface area (Å²) >= 11 is 0. The minimum atomic E-state index is -4.91. The van der Waals surface area contributed by atoms with Crippen LogP contribution >= 0.6 is 0 Å². The Morgan fingerprint density at radius 3 is 2.81 bits per heavy atom. The molecule has 0 aliphatic carbocycles. The van der Waals surface area contributed by atoms with Crippen molar-refractivity contribution in [3.05, 3.63) is 18.6 Å². The lowest BCUT2D eigenvalue weighted by Gasteiger charge is -2.19. The maximum absolute atomic E-state index is 12.4. The molecule has 3 heterocycles. The van der Waals surface area contributed by atoms with E-state index >= 15 is 0 Å². The number of hydrogen-bond acceptors (Lipinski definition) is 5. The lowest BCUT2D eigenvalue weighted by Crippen LogP contribution is -2.44. The van der Waals surface area contributed by atoms with Crippen LogP contribution in [0.4, 0.5) is 19.0 Å². The Bertz CT molecular complexity index is 836. The van der Waals surface area contributed by atoms with Gasteiger partial charge in [0.1, 0.15) is 17.8 Å². The Labute approximate surface area is 145 Å². The molecule has 11 heteroatoms. The molecule has 0 bridgehead atoms. The number of fused-ring (bicyclic) bond motifs is 1. The first-order chi connectivity index (χ1) is 12.3. The number of carboxylic acids is 1. The third-order valence-electron chi connectivity index (χ3n) is 4.18. The number of halogens is 3. The highest BCUT2D eigenvalue weighted by Crippen LogP contribution is 2.27. The van der Waals surface area contributed by atoms with Crippen LogP contribution in [0.3, 0.4) is 0 Å². The van der Waals surface area contributed by atoms with Crippen LogP contribution in [0.1, 0.15) is 12.8 Å². The molecule has 0 saturated carbocycles. The lowest BCUT2D eigenvalue weighted by atomic mass is 10.2. The fourth-order valence-corrected chi connectivity index (χ4v) is 2.98. The highest BCUT2D eigenvalue weighted by Gasteiger charge is 2.40. The van der Waals surface area contributed by atoms with Crippen LogP contribution in [0.15, 0.2) is 18.6 Å². The Kier molecular flexibility index (Phi) is 4.70. The van der Waals surface area contributed by atoms with Crippen molar-refractivity contribution in [2.24, 2.45) is 0 Å². The quantitative estimate of drug-likeness (QED) is 0.818. The molecule has 3 rings (SSSR count). The Balaban J connectivity index is 1.75. The van der Waals surface area contributed by atoms with E-state index in [0.717, 1.165) is 0 Å². The highest BCUT2D eigenvalue weighted by atomic mass is 19.4. The fraction of sp³-hybridized carbons (Fsp3) is 0.467. The SMILES string of the molecule is O=C(O)CCn1ccc2c(N3CCC(NC(=O)C(F)(F)F)C3)ncnc21. The van der Waals surface area contributed by atoms with Gasteiger partial charge in [-0.15, -0.1) is 0 Å². The summed E-state index contributed by atoms with van der Waals surface area (Å²) in [6.07, 6.45) is -1.57. The number of aryl methyl sites for hydroxylation is 1. The molecule has 8 nitrogen and oxygen atoms in total. The maximum atomic E-state index is 12.4. The Hall–Kier alpha value is -2.85. The van der Waals surface area contributed by atoms with Crippen molar-refractivity contribution in [1.82, 2.24) is 19.9 Å². The number of nitrogens with one attached hydrogen (secondary N) is 1. The second kappa shape index (κ2) is 6.81. The van der Waals surface area contributed by atoms with Crippen LogP contribution in [0.5, 0.6) is 0 Å². The van der Waals surface area contributed by atoms with Gasteiger partial charge in [-0.05, 0) is 12.5 Å². The van der Waals surface area contributed by atoms with Gasteiger partial charge in [0, 0.05) is 31.9 Å². The fourth-order valence-electron chi connectivity index (χ4n) is 2.98. The molecule has 1 fully saturated rings. The number of carboxylic acid groups (broad SMARTS) is 1. The molecule has 140 valence electrons. The number of carbonyl (C=O) groups is 2. The number of aromatic nitrogens is 3. The number of rotatable bonds is 5. The highest BCUT2D eigenvalue weighted by molar-refractivity contribution is 5.88. The minimum Gasteiger partial charge on any atom is -0.481 e. The molecule has 1 unspecified atom stereocenters. The normalized spacial score (nSPS) is 17.7. The van der Waals surface area contributed by atoms with Gasteiger partial charge in [-0.3, -0.25) is 9.59 Å². The average molecular weight is 371 g/mol. The summed E-state index contributed by atoms with van der Waals surface area (Å²) in [6, 6.07) is 1.12.